The number of aliphatic hydroxyl groups excluding tert-OH is 1. The monoisotopic (exact) mass is 621 g/mol. The minimum absolute atomic E-state index is 0.0495. The van der Waals surface area contributed by atoms with E-state index in [0.717, 1.165) is 33.6 Å². The molecule has 0 radical (unpaired) electrons. The summed E-state index contributed by atoms with van der Waals surface area (Å²) in [5.74, 6) is -1.33. The molecule has 6 N–H and O–H groups in total. The fourth-order valence-corrected chi connectivity index (χ4v) is 5.68. The van der Waals surface area contributed by atoms with Crippen LogP contribution in [0.25, 0.3) is 22.4 Å². The van der Waals surface area contributed by atoms with Crippen LogP contribution in [-0.2, 0) is 16.1 Å². The molecule has 2 amide bonds. The van der Waals surface area contributed by atoms with Gasteiger partial charge in [-0.1, -0.05) is 98.8 Å². The molecule has 0 saturated carbocycles. The summed E-state index contributed by atoms with van der Waals surface area (Å²) in [6.45, 7) is 9.97. The third kappa shape index (κ3) is 8.51. The van der Waals surface area contributed by atoms with E-state index in [1.165, 1.54) is 0 Å². The summed E-state index contributed by atoms with van der Waals surface area (Å²) in [5.41, 5.74) is 17.0. The number of carbonyl (C=O) groups excluding carboxylic acids is 3. The van der Waals surface area contributed by atoms with Gasteiger partial charge >= 0.3 is 0 Å². The van der Waals surface area contributed by atoms with E-state index in [2.05, 4.69) is 53.3 Å². The van der Waals surface area contributed by atoms with E-state index in [-0.39, 0.29) is 30.5 Å². The van der Waals surface area contributed by atoms with Crippen LogP contribution in [0, 0.1) is 12.8 Å². The fraction of sp³-hybridized carbons (Fsp3) is 0.270. The third-order valence-corrected chi connectivity index (χ3v) is 7.76. The topological polar surface area (TPSA) is 138 Å². The smallest absolute Gasteiger partial charge is 0.258 e. The summed E-state index contributed by atoms with van der Waals surface area (Å²) in [6.07, 6.45) is 0.0943. The molecule has 4 aromatic rings. The minimum atomic E-state index is -0.879. The summed E-state index contributed by atoms with van der Waals surface area (Å²) >= 11 is 0. The Hall–Kier alpha value is -5.15. The van der Waals surface area contributed by atoms with Crippen molar-refractivity contribution in [3.8, 4) is 22.4 Å². The molecule has 0 aliphatic carbocycles. The van der Waals surface area contributed by atoms with Gasteiger partial charge in [0.2, 0.25) is 5.91 Å². The maximum atomic E-state index is 14.2. The number of aliphatic hydroxyl groups is 1. The normalized spacial score (nSPS) is 12.3. The molecule has 0 saturated heterocycles. The molecule has 2 atom stereocenters. The van der Waals surface area contributed by atoms with Crippen molar-refractivity contribution in [2.24, 2.45) is 11.7 Å². The highest BCUT2D eigenvalue weighted by Gasteiger charge is 2.31. The first-order valence-corrected chi connectivity index (χ1v) is 15.5. The van der Waals surface area contributed by atoms with Crippen molar-refractivity contribution in [2.45, 2.75) is 58.6 Å². The van der Waals surface area contributed by atoms with E-state index in [4.69, 9.17) is 5.73 Å². The van der Waals surface area contributed by atoms with Gasteiger partial charge in [0.25, 0.3) is 5.91 Å². The van der Waals surface area contributed by atoms with Gasteiger partial charge in [-0.15, -0.1) is 0 Å². The first kappa shape index (κ1) is 33.7. The van der Waals surface area contributed by atoms with Gasteiger partial charge in [-0.2, -0.15) is 0 Å². The van der Waals surface area contributed by atoms with Crippen LogP contribution in [0.3, 0.4) is 0 Å². The molecular weight excluding hydrogens is 578 g/mol. The van der Waals surface area contributed by atoms with Crippen LogP contribution < -0.4 is 21.9 Å². The number of nitrogens with one attached hydrogen (secondary N) is 3. The number of hydrogen-bond donors (Lipinski definition) is 5. The zero-order chi connectivity index (χ0) is 33.2. The van der Waals surface area contributed by atoms with E-state index in [0.29, 0.717) is 30.5 Å². The van der Waals surface area contributed by atoms with Crippen molar-refractivity contribution in [1.82, 2.24) is 15.4 Å². The van der Waals surface area contributed by atoms with Crippen LogP contribution in [-0.4, -0.2) is 33.9 Å². The lowest BCUT2D eigenvalue weighted by Gasteiger charge is -2.20. The molecule has 9 heteroatoms. The van der Waals surface area contributed by atoms with Gasteiger partial charge in [0.15, 0.2) is 0 Å². The number of aromatic nitrogens is 1. The number of benzene rings is 3. The van der Waals surface area contributed by atoms with Crippen molar-refractivity contribution in [3.05, 3.63) is 114 Å². The van der Waals surface area contributed by atoms with Gasteiger partial charge in [0.05, 0.1) is 17.4 Å². The van der Waals surface area contributed by atoms with Crippen LogP contribution >= 0.6 is 0 Å². The number of nitrogens with two attached hydrogens (primary N) is 1. The largest absolute Gasteiger partial charge is 0.393 e. The quantitative estimate of drug-likeness (QED) is 0.0827. The van der Waals surface area contributed by atoms with Gasteiger partial charge in [0, 0.05) is 35.8 Å². The fourth-order valence-electron chi connectivity index (χ4n) is 5.68. The molecule has 0 aliphatic heterocycles. The lowest BCUT2D eigenvalue weighted by atomic mass is 9.94. The molecule has 46 heavy (non-hydrogen) atoms. The van der Waals surface area contributed by atoms with Crippen LogP contribution in [0.2, 0.25) is 0 Å². The van der Waals surface area contributed by atoms with E-state index in [1.54, 1.807) is 0 Å². The summed E-state index contributed by atoms with van der Waals surface area (Å²) in [6, 6.07) is 27.4. The molecule has 0 fully saturated rings. The summed E-state index contributed by atoms with van der Waals surface area (Å²) < 4.78 is 2.14. The Morgan fingerprint density at radius 3 is 2.15 bits per heavy atom. The maximum Gasteiger partial charge on any atom is 0.258 e. The first-order chi connectivity index (χ1) is 22.1. The summed E-state index contributed by atoms with van der Waals surface area (Å²) in [5, 5.41) is 14.2. The van der Waals surface area contributed by atoms with Crippen molar-refractivity contribution in [1.29, 1.82) is 0 Å². The Balaban J connectivity index is 1.77. The lowest BCUT2D eigenvalue weighted by molar-refractivity contribution is -0.125. The second-order valence-electron chi connectivity index (χ2n) is 11.8. The molecule has 1 heterocycles. The summed E-state index contributed by atoms with van der Waals surface area (Å²) in [7, 11) is 0. The molecule has 9 nitrogen and oxygen atoms in total. The molecule has 1 aromatic heterocycles. The molecular formula is C37H43N5O4. The SMILES string of the molecule is C=C(N)NNC(=O)CC(C=O)C[C@H](O)CCn1c(-c2ccc(C)cc2)c(-c2ccccc2)c(C(=O)Nc2ccccc2)c1C(C)C. The van der Waals surface area contributed by atoms with Gasteiger partial charge in [-0.25, -0.2) is 0 Å². The Morgan fingerprint density at radius 2 is 1.57 bits per heavy atom. The minimum Gasteiger partial charge on any atom is -0.393 e. The predicted molar refractivity (Wildman–Crippen MR) is 183 cm³/mol. The molecule has 0 bridgehead atoms. The van der Waals surface area contributed by atoms with Gasteiger partial charge in [-0.3, -0.25) is 20.4 Å². The molecule has 3 aromatic carbocycles. The van der Waals surface area contributed by atoms with Crippen molar-refractivity contribution >= 4 is 23.8 Å². The number of carbonyl (C=O) groups is 3. The Morgan fingerprint density at radius 1 is 0.935 bits per heavy atom. The number of amides is 2. The highest BCUT2D eigenvalue weighted by atomic mass is 16.3. The molecule has 0 aliphatic rings. The number of hydrazine groups is 1. The second-order valence-corrected chi connectivity index (χ2v) is 11.8. The number of anilines is 1. The van der Waals surface area contributed by atoms with Crippen molar-refractivity contribution in [2.75, 3.05) is 5.32 Å². The third-order valence-electron chi connectivity index (χ3n) is 7.76. The van der Waals surface area contributed by atoms with E-state index in [1.807, 2.05) is 79.7 Å². The van der Waals surface area contributed by atoms with Gasteiger partial charge in [-0.05, 0) is 48.9 Å². The van der Waals surface area contributed by atoms with E-state index in [9.17, 15) is 19.5 Å². The molecule has 1 unspecified atom stereocenters. The highest BCUT2D eigenvalue weighted by Crippen LogP contribution is 2.42. The van der Waals surface area contributed by atoms with Crippen molar-refractivity contribution in [3.63, 3.8) is 0 Å². The van der Waals surface area contributed by atoms with Crippen molar-refractivity contribution < 1.29 is 19.5 Å². The molecule has 240 valence electrons. The Bertz CT molecular complexity index is 1650. The number of hydrogen-bond acceptors (Lipinski definition) is 6. The average molecular weight is 622 g/mol. The highest BCUT2D eigenvalue weighted by molar-refractivity contribution is 6.12. The van der Waals surface area contributed by atoms with Crippen LogP contribution in [0.4, 0.5) is 5.69 Å². The zero-order valence-electron chi connectivity index (χ0n) is 26.6. The van der Waals surface area contributed by atoms with Gasteiger partial charge < -0.3 is 25.5 Å². The van der Waals surface area contributed by atoms with Gasteiger partial charge in [0.1, 0.15) is 12.1 Å². The maximum absolute atomic E-state index is 14.2. The van der Waals surface area contributed by atoms with E-state index >= 15 is 0 Å². The number of aldehydes is 1. The molecule has 4 rings (SSSR count). The second kappa shape index (κ2) is 15.7. The van der Waals surface area contributed by atoms with Crippen LogP contribution in [0.5, 0.6) is 0 Å². The van der Waals surface area contributed by atoms with Crippen LogP contribution in [0.15, 0.2) is 97.3 Å². The number of para-hydroxylation sites is 1. The number of nitrogens with zero attached hydrogens (tertiary/aromatic N) is 1. The lowest BCUT2D eigenvalue weighted by Crippen LogP contribution is -2.39. The van der Waals surface area contributed by atoms with Crippen LogP contribution in [0.1, 0.15) is 60.6 Å². The number of rotatable bonds is 15. The standard InChI is InChI=1S/C37H43N5O4/c1-24(2)35-34(37(46)39-30-13-9-6-10-14-30)33(28-11-7-5-8-12-28)36(29-17-15-25(3)16-18-29)42(35)20-19-31(44)21-27(23-43)22-32(45)41-40-26(4)38/h5-18,23-24,27,31,40,44H,4,19-22,38H2,1-3H3,(H,39,46)(H,41,45)/t27?,31-/m1/s1. The summed E-state index contributed by atoms with van der Waals surface area (Å²) in [4.78, 5) is 38.3. The first-order valence-electron chi connectivity index (χ1n) is 15.5. The molecule has 0 spiro atoms. The predicted octanol–water partition coefficient (Wildman–Crippen LogP) is 5.90. The average Bonchev–Trinajstić information content (AvgIpc) is 3.39. The Labute approximate surface area is 270 Å². The van der Waals surface area contributed by atoms with E-state index < -0.39 is 17.9 Å². The zero-order valence-corrected chi connectivity index (χ0v) is 26.6. The Kier molecular flexibility index (Phi) is 11.5. The number of aryl methyl sites for hydroxylation is 1.